The lowest BCUT2D eigenvalue weighted by molar-refractivity contribution is 0.174. The Morgan fingerprint density at radius 2 is 1.86 bits per heavy atom. The largest absolute Gasteiger partial charge is 0.296 e. The molecule has 0 aromatic heterocycles. The zero-order valence-corrected chi connectivity index (χ0v) is 13.6. The first kappa shape index (κ1) is 15.0. The van der Waals surface area contributed by atoms with Gasteiger partial charge in [0.1, 0.15) is 0 Å². The zero-order valence-electron chi connectivity index (χ0n) is 12.7. The van der Waals surface area contributed by atoms with Crippen LogP contribution in [-0.2, 0) is 16.3 Å². The van der Waals surface area contributed by atoms with Gasteiger partial charge in [-0.1, -0.05) is 37.3 Å². The normalized spacial score (nSPS) is 26.1. The SMILES string of the molecule is C[C@H](Cc1ccccc1)CN(C1CC1)[C@@H]1CCS(=O)(=O)C1. The van der Waals surface area contributed by atoms with Crippen molar-refractivity contribution in [3.05, 3.63) is 35.9 Å². The fourth-order valence-corrected chi connectivity index (χ4v) is 5.22. The van der Waals surface area contributed by atoms with Crippen LogP contribution in [0.5, 0.6) is 0 Å². The lowest BCUT2D eigenvalue weighted by atomic mass is 9.99. The van der Waals surface area contributed by atoms with E-state index in [2.05, 4.69) is 36.1 Å². The van der Waals surface area contributed by atoms with Gasteiger partial charge < -0.3 is 0 Å². The highest BCUT2D eigenvalue weighted by Crippen LogP contribution is 2.33. The molecule has 0 radical (unpaired) electrons. The molecule has 1 heterocycles. The van der Waals surface area contributed by atoms with Crippen LogP contribution >= 0.6 is 0 Å². The summed E-state index contributed by atoms with van der Waals surface area (Å²) < 4.78 is 23.5. The number of nitrogens with zero attached hydrogens (tertiary/aromatic N) is 1. The molecule has 0 N–H and O–H groups in total. The van der Waals surface area contributed by atoms with Gasteiger partial charge in [-0.25, -0.2) is 8.42 Å². The van der Waals surface area contributed by atoms with Crippen molar-refractivity contribution in [2.24, 2.45) is 5.92 Å². The predicted octanol–water partition coefficient (Wildman–Crippen LogP) is 2.52. The smallest absolute Gasteiger partial charge is 0.151 e. The molecule has 4 heteroatoms. The molecule has 0 bridgehead atoms. The Hall–Kier alpha value is -0.870. The van der Waals surface area contributed by atoms with Gasteiger partial charge in [0, 0.05) is 18.6 Å². The van der Waals surface area contributed by atoms with E-state index in [1.54, 1.807) is 0 Å². The summed E-state index contributed by atoms with van der Waals surface area (Å²) in [5, 5.41) is 0. The molecule has 3 nitrogen and oxygen atoms in total. The van der Waals surface area contributed by atoms with Crippen molar-refractivity contribution in [1.82, 2.24) is 4.90 Å². The monoisotopic (exact) mass is 307 g/mol. The number of rotatable bonds is 6. The van der Waals surface area contributed by atoms with Crippen molar-refractivity contribution < 1.29 is 8.42 Å². The van der Waals surface area contributed by atoms with E-state index in [9.17, 15) is 8.42 Å². The van der Waals surface area contributed by atoms with E-state index >= 15 is 0 Å². The standard InChI is InChI=1S/C17H25NO2S/c1-14(11-15-5-3-2-4-6-15)12-18(16-7-8-16)17-9-10-21(19,20)13-17/h2-6,14,16-17H,7-13H2,1H3/t14-,17-/m1/s1. The second-order valence-corrected chi connectivity index (χ2v) is 9.01. The first-order valence-corrected chi connectivity index (χ1v) is 9.86. The molecule has 0 unspecified atom stereocenters. The minimum Gasteiger partial charge on any atom is -0.296 e. The summed E-state index contributed by atoms with van der Waals surface area (Å²) >= 11 is 0. The van der Waals surface area contributed by atoms with Crippen LogP contribution in [-0.4, -0.2) is 43.5 Å². The average Bonchev–Trinajstić information content (AvgIpc) is 3.21. The van der Waals surface area contributed by atoms with Crippen molar-refractivity contribution in [3.63, 3.8) is 0 Å². The molecule has 2 aliphatic rings. The Labute approximate surface area is 128 Å². The second kappa shape index (κ2) is 6.09. The summed E-state index contributed by atoms with van der Waals surface area (Å²) in [5.41, 5.74) is 1.37. The van der Waals surface area contributed by atoms with Crippen LogP contribution in [0.2, 0.25) is 0 Å². The van der Waals surface area contributed by atoms with Crippen LogP contribution in [0.3, 0.4) is 0 Å². The first-order chi connectivity index (χ1) is 10.0. The summed E-state index contributed by atoms with van der Waals surface area (Å²) in [5.74, 6) is 1.33. The lowest BCUT2D eigenvalue weighted by Gasteiger charge is -2.30. The van der Waals surface area contributed by atoms with E-state index in [1.165, 1.54) is 18.4 Å². The summed E-state index contributed by atoms with van der Waals surface area (Å²) in [6.07, 6.45) is 4.39. The zero-order chi connectivity index (χ0) is 14.9. The third kappa shape index (κ3) is 4.07. The minimum absolute atomic E-state index is 0.265. The molecule has 3 rings (SSSR count). The number of hydrogen-bond donors (Lipinski definition) is 0. The maximum Gasteiger partial charge on any atom is 0.151 e. The highest BCUT2D eigenvalue weighted by Gasteiger charge is 2.39. The average molecular weight is 307 g/mol. The molecule has 21 heavy (non-hydrogen) atoms. The van der Waals surface area contributed by atoms with Gasteiger partial charge >= 0.3 is 0 Å². The Morgan fingerprint density at radius 1 is 1.14 bits per heavy atom. The van der Waals surface area contributed by atoms with Crippen LogP contribution in [0.1, 0.15) is 31.7 Å². The molecule has 0 amide bonds. The highest BCUT2D eigenvalue weighted by molar-refractivity contribution is 7.91. The Kier molecular flexibility index (Phi) is 4.36. The summed E-state index contributed by atoms with van der Waals surface area (Å²) in [6.45, 7) is 3.31. The maximum absolute atomic E-state index is 11.7. The van der Waals surface area contributed by atoms with Gasteiger partial charge in [0.2, 0.25) is 0 Å². The Bertz CT molecular complexity index is 566. The van der Waals surface area contributed by atoms with Crippen molar-refractivity contribution in [2.45, 2.75) is 44.7 Å². The first-order valence-electron chi connectivity index (χ1n) is 8.03. The summed E-state index contributed by atoms with van der Waals surface area (Å²) in [7, 11) is -2.78. The maximum atomic E-state index is 11.7. The molecule has 1 aliphatic carbocycles. The number of sulfone groups is 1. The Morgan fingerprint density at radius 3 is 2.43 bits per heavy atom. The predicted molar refractivity (Wildman–Crippen MR) is 86.1 cm³/mol. The van der Waals surface area contributed by atoms with E-state index in [0.717, 1.165) is 19.4 Å². The van der Waals surface area contributed by atoms with Gasteiger partial charge in [0.25, 0.3) is 0 Å². The molecule has 1 aromatic rings. The molecule has 1 saturated heterocycles. The van der Waals surface area contributed by atoms with E-state index in [-0.39, 0.29) is 6.04 Å². The van der Waals surface area contributed by atoms with Crippen LogP contribution in [0.4, 0.5) is 0 Å². The molecule has 0 spiro atoms. The van der Waals surface area contributed by atoms with Crippen molar-refractivity contribution >= 4 is 9.84 Å². The molecule has 1 aromatic carbocycles. The minimum atomic E-state index is -2.78. The molecule has 2 fully saturated rings. The third-order valence-corrected chi connectivity index (χ3v) is 6.39. The van der Waals surface area contributed by atoms with Gasteiger partial charge in [-0.05, 0) is 37.2 Å². The number of hydrogen-bond acceptors (Lipinski definition) is 3. The number of benzene rings is 1. The van der Waals surface area contributed by atoms with Crippen LogP contribution < -0.4 is 0 Å². The van der Waals surface area contributed by atoms with E-state index in [0.29, 0.717) is 23.5 Å². The van der Waals surface area contributed by atoms with Crippen LogP contribution in [0.15, 0.2) is 30.3 Å². The fraction of sp³-hybridized carbons (Fsp3) is 0.647. The summed E-state index contributed by atoms with van der Waals surface area (Å²) in [6, 6.07) is 11.5. The van der Waals surface area contributed by atoms with E-state index < -0.39 is 9.84 Å². The Balaban J connectivity index is 1.60. The van der Waals surface area contributed by atoms with Crippen molar-refractivity contribution in [2.75, 3.05) is 18.1 Å². The quantitative estimate of drug-likeness (QED) is 0.810. The highest BCUT2D eigenvalue weighted by atomic mass is 32.2. The van der Waals surface area contributed by atoms with Crippen LogP contribution in [0, 0.1) is 5.92 Å². The van der Waals surface area contributed by atoms with Crippen LogP contribution in [0.25, 0.3) is 0 Å². The van der Waals surface area contributed by atoms with E-state index in [1.807, 2.05) is 6.07 Å². The molecule has 1 aliphatic heterocycles. The van der Waals surface area contributed by atoms with Gasteiger partial charge in [-0.3, -0.25) is 4.90 Å². The topological polar surface area (TPSA) is 37.4 Å². The lowest BCUT2D eigenvalue weighted by Crippen LogP contribution is -2.41. The fourth-order valence-electron chi connectivity index (χ4n) is 3.48. The molecular weight excluding hydrogens is 282 g/mol. The van der Waals surface area contributed by atoms with Gasteiger partial charge in [0.15, 0.2) is 9.84 Å². The van der Waals surface area contributed by atoms with Crippen molar-refractivity contribution in [3.8, 4) is 0 Å². The molecule has 116 valence electrons. The second-order valence-electron chi connectivity index (χ2n) is 6.78. The molecular formula is C17H25NO2S. The van der Waals surface area contributed by atoms with Gasteiger partial charge in [-0.2, -0.15) is 0 Å². The summed E-state index contributed by atoms with van der Waals surface area (Å²) in [4.78, 5) is 2.50. The van der Waals surface area contributed by atoms with E-state index in [4.69, 9.17) is 0 Å². The van der Waals surface area contributed by atoms with Crippen molar-refractivity contribution in [1.29, 1.82) is 0 Å². The third-order valence-electron chi connectivity index (χ3n) is 4.64. The van der Waals surface area contributed by atoms with Gasteiger partial charge in [0.05, 0.1) is 11.5 Å². The molecule has 2 atom stereocenters. The molecule has 1 saturated carbocycles. The van der Waals surface area contributed by atoms with Gasteiger partial charge in [-0.15, -0.1) is 0 Å².